The first-order valence-electron chi connectivity index (χ1n) is 7.08. The van der Waals surface area contributed by atoms with Gasteiger partial charge in [0.25, 0.3) is 0 Å². The van der Waals surface area contributed by atoms with E-state index in [2.05, 4.69) is 17.3 Å². The van der Waals surface area contributed by atoms with Gasteiger partial charge in [0.1, 0.15) is 6.54 Å². The second-order valence-electron chi connectivity index (χ2n) is 5.47. The molecule has 2 N–H and O–H groups in total. The number of nitrogens with two attached hydrogens (primary N) is 1. The van der Waals surface area contributed by atoms with Gasteiger partial charge in [-0.1, -0.05) is 31.4 Å². The molecule has 2 rings (SSSR count). The number of rotatable bonds is 4. The Morgan fingerprint density at radius 3 is 2.68 bits per heavy atom. The summed E-state index contributed by atoms with van der Waals surface area (Å²) in [6.07, 6.45) is 11.1. The third kappa shape index (κ3) is 3.46. The zero-order valence-electron chi connectivity index (χ0n) is 11.9. The molecule has 104 valence electrons. The molecule has 0 aromatic carbocycles. The zero-order valence-corrected chi connectivity index (χ0v) is 11.9. The van der Waals surface area contributed by atoms with Crippen molar-refractivity contribution in [1.29, 1.82) is 0 Å². The number of amides is 1. The lowest BCUT2D eigenvalue weighted by molar-refractivity contribution is -0.118. The van der Waals surface area contributed by atoms with Crippen molar-refractivity contribution in [3.8, 4) is 0 Å². The van der Waals surface area contributed by atoms with E-state index in [-0.39, 0.29) is 12.5 Å². The fourth-order valence-electron chi connectivity index (χ4n) is 2.81. The molecule has 0 radical (unpaired) electrons. The van der Waals surface area contributed by atoms with E-state index in [9.17, 15) is 4.79 Å². The van der Waals surface area contributed by atoms with Gasteiger partial charge in [0, 0.05) is 11.3 Å². The molecule has 0 spiro atoms. The van der Waals surface area contributed by atoms with E-state index in [1.165, 1.54) is 32.1 Å². The standard InChI is InChI=1S/C15H23N3O/c1-11-14(9-8-13-6-4-3-5-7-13)12(2)18(17-11)10-15(16)19/h8-9,13H,3-7,10H2,1-2H3,(H2,16,19). The SMILES string of the molecule is Cc1nn(CC(N)=O)c(C)c1C=CC1CCCCC1. The molecule has 1 amide bonds. The van der Waals surface area contributed by atoms with Crippen LogP contribution in [0.5, 0.6) is 0 Å². The minimum absolute atomic E-state index is 0.157. The third-order valence-corrected chi connectivity index (χ3v) is 3.93. The van der Waals surface area contributed by atoms with Gasteiger partial charge in [-0.3, -0.25) is 9.48 Å². The first kappa shape index (κ1) is 13.8. The summed E-state index contributed by atoms with van der Waals surface area (Å²) in [5.41, 5.74) is 8.34. The molecule has 1 fully saturated rings. The Bertz CT molecular complexity index is 482. The second-order valence-corrected chi connectivity index (χ2v) is 5.47. The van der Waals surface area contributed by atoms with Gasteiger partial charge < -0.3 is 5.73 Å². The van der Waals surface area contributed by atoms with Crippen LogP contribution in [0.15, 0.2) is 6.08 Å². The number of nitrogens with zero attached hydrogens (tertiary/aromatic N) is 2. The normalized spacial score (nSPS) is 17.2. The third-order valence-electron chi connectivity index (χ3n) is 3.93. The minimum Gasteiger partial charge on any atom is -0.368 e. The van der Waals surface area contributed by atoms with Gasteiger partial charge in [-0.25, -0.2) is 0 Å². The van der Waals surface area contributed by atoms with Crippen LogP contribution < -0.4 is 5.73 Å². The molecule has 1 heterocycles. The maximum absolute atomic E-state index is 11.0. The quantitative estimate of drug-likeness (QED) is 0.905. The topological polar surface area (TPSA) is 60.9 Å². The number of hydrogen-bond donors (Lipinski definition) is 1. The number of allylic oxidation sites excluding steroid dienone is 1. The molecule has 1 aliphatic carbocycles. The molecular formula is C15H23N3O. The average Bonchev–Trinajstić information content (AvgIpc) is 2.63. The highest BCUT2D eigenvalue weighted by molar-refractivity contribution is 5.73. The molecule has 0 atom stereocenters. The van der Waals surface area contributed by atoms with E-state index in [1.54, 1.807) is 4.68 Å². The van der Waals surface area contributed by atoms with Crippen molar-refractivity contribution >= 4 is 12.0 Å². The average molecular weight is 261 g/mol. The lowest BCUT2D eigenvalue weighted by atomic mass is 9.88. The van der Waals surface area contributed by atoms with Crippen LogP contribution >= 0.6 is 0 Å². The molecule has 1 aliphatic rings. The first-order valence-corrected chi connectivity index (χ1v) is 7.08. The molecule has 0 bridgehead atoms. The molecule has 4 heteroatoms. The predicted octanol–water partition coefficient (Wildman–Crippen LogP) is 2.58. The highest BCUT2D eigenvalue weighted by Gasteiger charge is 2.13. The van der Waals surface area contributed by atoms with Gasteiger partial charge in [-0.15, -0.1) is 0 Å². The maximum Gasteiger partial charge on any atom is 0.239 e. The fraction of sp³-hybridized carbons (Fsp3) is 0.600. The molecule has 0 saturated heterocycles. The van der Waals surface area contributed by atoms with Crippen LogP contribution in [-0.4, -0.2) is 15.7 Å². The van der Waals surface area contributed by atoms with Crippen molar-refractivity contribution in [2.75, 3.05) is 0 Å². The summed E-state index contributed by atoms with van der Waals surface area (Å²) in [5.74, 6) is 0.348. The summed E-state index contributed by atoms with van der Waals surface area (Å²) in [7, 11) is 0. The summed E-state index contributed by atoms with van der Waals surface area (Å²) >= 11 is 0. The van der Waals surface area contributed by atoms with E-state index in [0.29, 0.717) is 5.92 Å². The Labute approximate surface area is 114 Å². The number of carbonyl (C=O) groups is 1. The molecule has 19 heavy (non-hydrogen) atoms. The van der Waals surface area contributed by atoms with Crippen LogP contribution in [0, 0.1) is 19.8 Å². The lowest BCUT2D eigenvalue weighted by Crippen LogP contribution is -2.20. The first-order chi connectivity index (χ1) is 9.08. The molecule has 1 aromatic heterocycles. The summed E-state index contributed by atoms with van der Waals surface area (Å²) in [4.78, 5) is 11.0. The van der Waals surface area contributed by atoms with E-state index in [0.717, 1.165) is 17.0 Å². The zero-order chi connectivity index (χ0) is 13.8. The van der Waals surface area contributed by atoms with Crippen molar-refractivity contribution in [2.45, 2.75) is 52.5 Å². The fourth-order valence-corrected chi connectivity index (χ4v) is 2.81. The highest BCUT2D eigenvalue weighted by atomic mass is 16.1. The van der Waals surface area contributed by atoms with Crippen LogP contribution in [0.3, 0.4) is 0 Å². The number of primary amides is 1. The highest BCUT2D eigenvalue weighted by Crippen LogP contribution is 2.26. The van der Waals surface area contributed by atoms with Crippen LogP contribution in [0.4, 0.5) is 0 Å². The molecule has 0 unspecified atom stereocenters. The van der Waals surface area contributed by atoms with Crippen molar-refractivity contribution in [2.24, 2.45) is 11.7 Å². The van der Waals surface area contributed by atoms with E-state index >= 15 is 0 Å². The van der Waals surface area contributed by atoms with Crippen molar-refractivity contribution in [3.63, 3.8) is 0 Å². The molecule has 4 nitrogen and oxygen atoms in total. The van der Waals surface area contributed by atoms with Gasteiger partial charge in [0.05, 0.1) is 5.69 Å². The van der Waals surface area contributed by atoms with Gasteiger partial charge in [0.15, 0.2) is 0 Å². The van der Waals surface area contributed by atoms with Crippen LogP contribution in [0.2, 0.25) is 0 Å². The van der Waals surface area contributed by atoms with Crippen molar-refractivity contribution in [1.82, 2.24) is 9.78 Å². The molecular weight excluding hydrogens is 238 g/mol. The van der Waals surface area contributed by atoms with Crippen molar-refractivity contribution in [3.05, 3.63) is 23.0 Å². The Hall–Kier alpha value is -1.58. The second kappa shape index (κ2) is 6.04. The molecule has 0 aliphatic heterocycles. The van der Waals surface area contributed by atoms with Gasteiger partial charge in [-0.2, -0.15) is 5.10 Å². The predicted molar refractivity (Wildman–Crippen MR) is 76.5 cm³/mol. The summed E-state index contributed by atoms with van der Waals surface area (Å²) < 4.78 is 1.69. The molecule has 1 aromatic rings. The Morgan fingerprint density at radius 1 is 1.37 bits per heavy atom. The van der Waals surface area contributed by atoms with Crippen LogP contribution in [0.1, 0.15) is 49.1 Å². The lowest BCUT2D eigenvalue weighted by Gasteiger charge is -2.17. The summed E-state index contributed by atoms with van der Waals surface area (Å²) in [5, 5.41) is 4.38. The number of aromatic nitrogens is 2. The smallest absolute Gasteiger partial charge is 0.239 e. The van der Waals surface area contributed by atoms with Crippen LogP contribution in [0.25, 0.3) is 6.08 Å². The monoisotopic (exact) mass is 261 g/mol. The maximum atomic E-state index is 11.0. The molecule has 1 saturated carbocycles. The number of aryl methyl sites for hydroxylation is 1. The Kier molecular flexibility index (Phi) is 4.40. The van der Waals surface area contributed by atoms with Crippen molar-refractivity contribution < 1.29 is 4.79 Å². The minimum atomic E-state index is -0.353. The van der Waals surface area contributed by atoms with E-state index in [4.69, 9.17) is 5.73 Å². The van der Waals surface area contributed by atoms with Gasteiger partial charge >= 0.3 is 0 Å². The number of carbonyl (C=O) groups excluding carboxylic acids is 1. The van der Waals surface area contributed by atoms with E-state index < -0.39 is 0 Å². The largest absolute Gasteiger partial charge is 0.368 e. The summed E-state index contributed by atoms with van der Waals surface area (Å²) in [6, 6.07) is 0. The Balaban J connectivity index is 2.13. The van der Waals surface area contributed by atoms with Gasteiger partial charge in [-0.05, 0) is 32.6 Å². The number of hydrogen-bond acceptors (Lipinski definition) is 2. The Morgan fingerprint density at radius 2 is 2.05 bits per heavy atom. The van der Waals surface area contributed by atoms with Gasteiger partial charge in [0.2, 0.25) is 5.91 Å². The van der Waals surface area contributed by atoms with E-state index in [1.807, 2.05) is 13.8 Å². The van der Waals surface area contributed by atoms with Crippen LogP contribution in [-0.2, 0) is 11.3 Å². The summed E-state index contributed by atoms with van der Waals surface area (Å²) in [6.45, 7) is 4.12.